The number of carbonyl (C=O) groups excluding carboxylic acids is 1. The summed E-state index contributed by atoms with van der Waals surface area (Å²) < 4.78 is 0. The molecule has 1 aromatic heterocycles. The number of aryl methyl sites for hydroxylation is 1. The van der Waals surface area contributed by atoms with E-state index < -0.39 is 5.97 Å². The number of rotatable bonds is 7. The summed E-state index contributed by atoms with van der Waals surface area (Å²) in [5.41, 5.74) is 0.721. The number of nitrogens with one attached hydrogen (secondary N) is 1. The molecule has 6 heteroatoms. The van der Waals surface area contributed by atoms with E-state index in [9.17, 15) is 9.59 Å². The number of hydrogen-bond acceptors (Lipinski definition) is 4. The maximum atomic E-state index is 12.1. The Morgan fingerprint density at radius 3 is 2.43 bits per heavy atom. The summed E-state index contributed by atoms with van der Waals surface area (Å²) in [6.45, 7) is 8.66. The van der Waals surface area contributed by atoms with Crippen molar-refractivity contribution in [2.45, 2.75) is 58.8 Å². The zero-order valence-corrected chi connectivity index (χ0v) is 14.0. The van der Waals surface area contributed by atoms with Crippen LogP contribution in [0, 0.1) is 6.92 Å². The zero-order valence-electron chi connectivity index (χ0n) is 13.2. The monoisotopic (exact) mass is 312 g/mol. The van der Waals surface area contributed by atoms with Gasteiger partial charge in [-0.15, -0.1) is 11.3 Å². The summed E-state index contributed by atoms with van der Waals surface area (Å²) in [5.74, 6) is -0.854. The highest BCUT2D eigenvalue weighted by Gasteiger charge is 2.22. The molecule has 1 amide bonds. The van der Waals surface area contributed by atoms with Gasteiger partial charge >= 0.3 is 5.97 Å². The van der Waals surface area contributed by atoms with Crippen LogP contribution in [0.2, 0.25) is 0 Å². The van der Waals surface area contributed by atoms with E-state index in [1.807, 2.05) is 6.92 Å². The maximum absolute atomic E-state index is 12.1. The second-order valence-corrected chi connectivity index (χ2v) is 7.14. The first-order valence-electron chi connectivity index (χ1n) is 7.19. The quantitative estimate of drug-likeness (QED) is 0.758. The fourth-order valence-corrected chi connectivity index (χ4v) is 2.83. The van der Waals surface area contributed by atoms with Gasteiger partial charge in [-0.1, -0.05) is 27.2 Å². The molecular weight excluding hydrogens is 288 g/mol. The maximum Gasteiger partial charge on any atom is 0.303 e. The molecule has 2 N–H and O–H groups in total. The Balaban J connectivity index is 2.42. The minimum atomic E-state index is -0.769. The molecule has 118 valence electrons. The highest BCUT2D eigenvalue weighted by Crippen LogP contribution is 2.29. The van der Waals surface area contributed by atoms with Crippen molar-refractivity contribution in [3.63, 3.8) is 0 Å². The first-order chi connectivity index (χ1) is 9.71. The van der Waals surface area contributed by atoms with Crippen molar-refractivity contribution in [1.82, 2.24) is 10.3 Å². The van der Waals surface area contributed by atoms with E-state index in [0.717, 1.165) is 23.5 Å². The second kappa shape index (κ2) is 7.54. The van der Waals surface area contributed by atoms with Gasteiger partial charge in [0.25, 0.3) is 5.91 Å². The van der Waals surface area contributed by atoms with E-state index in [-0.39, 0.29) is 17.7 Å². The van der Waals surface area contributed by atoms with Crippen LogP contribution in [0.3, 0.4) is 0 Å². The highest BCUT2D eigenvalue weighted by molar-refractivity contribution is 7.14. The molecule has 0 saturated carbocycles. The number of hydrogen-bond donors (Lipinski definition) is 2. The first kappa shape index (κ1) is 17.6. The van der Waals surface area contributed by atoms with Gasteiger partial charge in [-0.05, 0) is 19.8 Å². The van der Waals surface area contributed by atoms with Gasteiger partial charge < -0.3 is 10.4 Å². The average Bonchev–Trinajstić information content (AvgIpc) is 2.75. The number of carboxylic acids is 1. The van der Waals surface area contributed by atoms with E-state index in [4.69, 9.17) is 5.11 Å². The van der Waals surface area contributed by atoms with Gasteiger partial charge in [-0.3, -0.25) is 9.59 Å². The fraction of sp³-hybridized carbons (Fsp3) is 0.667. The normalized spacial score (nSPS) is 11.4. The SMILES string of the molecule is Cc1nc(C(C)(C)C)sc1C(=O)NCCCCCC(=O)O. The van der Waals surface area contributed by atoms with Crippen molar-refractivity contribution in [1.29, 1.82) is 0 Å². The molecule has 0 aliphatic heterocycles. The lowest BCUT2D eigenvalue weighted by Crippen LogP contribution is -2.24. The molecule has 5 nitrogen and oxygen atoms in total. The number of carboxylic acid groups (broad SMARTS) is 1. The van der Waals surface area contributed by atoms with E-state index >= 15 is 0 Å². The third-order valence-electron chi connectivity index (χ3n) is 3.00. The second-order valence-electron chi connectivity index (χ2n) is 6.14. The zero-order chi connectivity index (χ0) is 16.0. The van der Waals surface area contributed by atoms with Crippen molar-refractivity contribution < 1.29 is 14.7 Å². The third-order valence-corrected chi connectivity index (χ3v) is 4.58. The van der Waals surface area contributed by atoms with Crippen molar-refractivity contribution in [3.8, 4) is 0 Å². The van der Waals surface area contributed by atoms with Crippen LogP contribution in [-0.2, 0) is 10.2 Å². The Labute approximate surface area is 129 Å². The summed E-state index contributed by atoms with van der Waals surface area (Å²) >= 11 is 1.45. The molecule has 0 bridgehead atoms. The van der Waals surface area contributed by atoms with Gasteiger partial charge in [-0.25, -0.2) is 4.98 Å². The van der Waals surface area contributed by atoms with E-state index in [0.29, 0.717) is 17.8 Å². The van der Waals surface area contributed by atoms with E-state index in [1.54, 1.807) is 0 Å². The number of amides is 1. The summed E-state index contributed by atoms with van der Waals surface area (Å²) in [4.78, 5) is 27.6. The van der Waals surface area contributed by atoms with Crippen LogP contribution in [0.5, 0.6) is 0 Å². The molecule has 0 aliphatic carbocycles. The lowest BCUT2D eigenvalue weighted by atomic mass is 9.98. The molecule has 0 unspecified atom stereocenters. The van der Waals surface area contributed by atoms with Crippen LogP contribution in [0.15, 0.2) is 0 Å². The van der Waals surface area contributed by atoms with Crippen molar-refractivity contribution in [3.05, 3.63) is 15.6 Å². The minimum absolute atomic E-state index is 0.0508. The lowest BCUT2D eigenvalue weighted by molar-refractivity contribution is -0.137. The third kappa shape index (κ3) is 5.83. The molecule has 0 fully saturated rings. The predicted molar refractivity (Wildman–Crippen MR) is 84.0 cm³/mol. The van der Waals surface area contributed by atoms with Crippen LogP contribution in [0.1, 0.15) is 66.8 Å². The molecule has 1 aromatic rings. The molecule has 21 heavy (non-hydrogen) atoms. The van der Waals surface area contributed by atoms with Gasteiger partial charge in [0.05, 0.1) is 10.7 Å². The van der Waals surface area contributed by atoms with Gasteiger partial charge in [-0.2, -0.15) is 0 Å². The largest absolute Gasteiger partial charge is 0.481 e. The van der Waals surface area contributed by atoms with Crippen LogP contribution in [-0.4, -0.2) is 28.5 Å². The Morgan fingerprint density at radius 2 is 1.90 bits per heavy atom. The number of aromatic nitrogens is 1. The minimum Gasteiger partial charge on any atom is -0.481 e. The van der Waals surface area contributed by atoms with Gasteiger partial charge in [0, 0.05) is 18.4 Å². The Morgan fingerprint density at radius 1 is 1.24 bits per heavy atom. The molecule has 0 spiro atoms. The molecule has 1 rings (SSSR count). The molecule has 0 aromatic carbocycles. The van der Waals surface area contributed by atoms with Crippen molar-refractivity contribution in [2.75, 3.05) is 6.54 Å². The van der Waals surface area contributed by atoms with Crippen LogP contribution in [0.4, 0.5) is 0 Å². The van der Waals surface area contributed by atoms with Crippen LogP contribution >= 0.6 is 11.3 Å². The Kier molecular flexibility index (Phi) is 6.33. The molecule has 0 saturated heterocycles. The predicted octanol–water partition coefficient (Wildman–Crippen LogP) is 3.12. The standard InChI is InChI=1S/C15H24N2O3S/c1-10-12(21-14(17-10)15(2,3)4)13(20)16-9-7-5-6-8-11(18)19/h5-9H2,1-4H3,(H,16,20)(H,18,19). The molecule has 0 atom stereocenters. The summed E-state index contributed by atoms with van der Waals surface area (Å²) in [6.07, 6.45) is 2.44. The van der Waals surface area contributed by atoms with Crippen LogP contribution in [0.25, 0.3) is 0 Å². The van der Waals surface area contributed by atoms with Crippen molar-refractivity contribution >= 4 is 23.2 Å². The summed E-state index contributed by atoms with van der Waals surface area (Å²) in [7, 11) is 0. The number of aliphatic carboxylic acids is 1. The summed E-state index contributed by atoms with van der Waals surface area (Å²) in [5, 5.41) is 12.4. The fourth-order valence-electron chi connectivity index (χ4n) is 1.79. The number of nitrogens with zero attached hydrogens (tertiary/aromatic N) is 1. The van der Waals surface area contributed by atoms with E-state index in [1.165, 1.54) is 11.3 Å². The topological polar surface area (TPSA) is 79.3 Å². The Bertz CT molecular complexity index is 504. The summed E-state index contributed by atoms with van der Waals surface area (Å²) in [6, 6.07) is 0. The number of unbranched alkanes of at least 4 members (excludes halogenated alkanes) is 2. The Hall–Kier alpha value is -1.43. The van der Waals surface area contributed by atoms with E-state index in [2.05, 4.69) is 31.1 Å². The first-order valence-corrected chi connectivity index (χ1v) is 8.01. The van der Waals surface area contributed by atoms with Gasteiger partial charge in [0.2, 0.25) is 0 Å². The number of carbonyl (C=O) groups is 2. The smallest absolute Gasteiger partial charge is 0.303 e. The molecule has 0 aliphatic rings. The lowest BCUT2D eigenvalue weighted by Gasteiger charge is -2.13. The van der Waals surface area contributed by atoms with Crippen LogP contribution < -0.4 is 5.32 Å². The average molecular weight is 312 g/mol. The molecular formula is C15H24N2O3S. The molecule has 1 heterocycles. The highest BCUT2D eigenvalue weighted by atomic mass is 32.1. The van der Waals surface area contributed by atoms with Crippen molar-refractivity contribution in [2.24, 2.45) is 0 Å². The molecule has 0 radical (unpaired) electrons. The van der Waals surface area contributed by atoms with Gasteiger partial charge in [0.15, 0.2) is 0 Å². The van der Waals surface area contributed by atoms with Gasteiger partial charge in [0.1, 0.15) is 4.88 Å². The number of thiazole rings is 1.